The molecule has 0 bridgehead atoms. The van der Waals surface area contributed by atoms with Gasteiger partial charge in [-0.3, -0.25) is 0 Å². The second-order valence-electron chi connectivity index (χ2n) is 3.97. The van der Waals surface area contributed by atoms with Crippen LogP contribution in [0.25, 0.3) is 0 Å². The first-order chi connectivity index (χ1) is 6.70. The molecule has 78 valence electrons. The van der Waals surface area contributed by atoms with E-state index in [4.69, 9.17) is 0 Å². The van der Waals surface area contributed by atoms with Crippen molar-refractivity contribution in [1.82, 2.24) is 5.32 Å². The van der Waals surface area contributed by atoms with E-state index in [1.165, 1.54) is 40.2 Å². The van der Waals surface area contributed by atoms with Gasteiger partial charge in [0, 0.05) is 14.2 Å². The Morgan fingerprint density at radius 3 is 2.36 bits per heavy atom. The standard InChI is InChI=1S/C11H16BrNS/c1-7-10(11(12)8(2)14-7)9-3-5-13-6-4-9/h9,13H,3-6H2,1-2H3. The largest absolute Gasteiger partial charge is 0.317 e. The van der Waals surface area contributed by atoms with Crippen LogP contribution in [-0.2, 0) is 0 Å². The van der Waals surface area contributed by atoms with Crippen LogP contribution in [0.2, 0.25) is 0 Å². The van der Waals surface area contributed by atoms with Gasteiger partial charge in [-0.2, -0.15) is 0 Å². The average molecular weight is 274 g/mol. The molecule has 3 heteroatoms. The molecule has 1 N–H and O–H groups in total. The van der Waals surface area contributed by atoms with E-state index < -0.39 is 0 Å². The minimum absolute atomic E-state index is 0.774. The maximum Gasteiger partial charge on any atom is 0.0349 e. The highest BCUT2D eigenvalue weighted by Gasteiger charge is 2.21. The van der Waals surface area contributed by atoms with Crippen LogP contribution in [0, 0.1) is 13.8 Å². The van der Waals surface area contributed by atoms with Crippen LogP contribution in [-0.4, -0.2) is 13.1 Å². The fraction of sp³-hybridized carbons (Fsp3) is 0.636. The number of hydrogen-bond acceptors (Lipinski definition) is 2. The van der Waals surface area contributed by atoms with Crippen LogP contribution in [0.1, 0.15) is 34.1 Å². The Hall–Kier alpha value is 0.140. The van der Waals surface area contributed by atoms with E-state index in [0.717, 1.165) is 5.92 Å². The van der Waals surface area contributed by atoms with E-state index in [2.05, 4.69) is 35.1 Å². The van der Waals surface area contributed by atoms with Gasteiger partial charge in [-0.05, 0) is 67.2 Å². The molecular weight excluding hydrogens is 258 g/mol. The molecule has 1 aliphatic heterocycles. The van der Waals surface area contributed by atoms with E-state index in [0.29, 0.717) is 0 Å². The highest BCUT2D eigenvalue weighted by molar-refractivity contribution is 9.10. The fourth-order valence-electron chi connectivity index (χ4n) is 2.25. The van der Waals surface area contributed by atoms with Gasteiger partial charge >= 0.3 is 0 Å². The summed E-state index contributed by atoms with van der Waals surface area (Å²) in [6, 6.07) is 0. The van der Waals surface area contributed by atoms with Crippen molar-refractivity contribution >= 4 is 27.3 Å². The van der Waals surface area contributed by atoms with Crippen molar-refractivity contribution in [2.45, 2.75) is 32.6 Å². The van der Waals surface area contributed by atoms with Crippen molar-refractivity contribution in [2.24, 2.45) is 0 Å². The molecule has 0 unspecified atom stereocenters. The lowest BCUT2D eigenvalue weighted by Gasteiger charge is -2.23. The Balaban J connectivity index is 2.29. The average Bonchev–Trinajstić information content (AvgIpc) is 2.43. The number of hydrogen-bond donors (Lipinski definition) is 1. The van der Waals surface area contributed by atoms with Crippen LogP contribution < -0.4 is 5.32 Å². The minimum Gasteiger partial charge on any atom is -0.317 e. The maximum absolute atomic E-state index is 3.73. The van der Waals surface area contributed by atoms with Crippen LogP contribution in [0.4, 0.5) is 0 Å². The van der Waals surface area contributed by atoms with Crippen molar-refractivity contribution in [2.75, 3.05) is 13.1 Å². The zero-order valence-electron chi connectivity index (χ0n) is 8.69. The molecule has 0 spiro atoms. The summed E-state index contributed by atoms with van der Waals surface area (Å²) in [4.78, 5) is 2.93. The Morgan fingerprint density at radius 1 is 1.21 bits per heavy atom. The van der Waals surface area contributed by atoms with Gasteiger partial charge in [-0.15, -0.1) is 11.3 Å². The lowest BCUT2D eigenvalue weighted by molar-refractivity contribution is 0.459. The summed E-state index contributed by atoms with van der Waals surface area (Å²) in [6.07, 6.45) is 2.57. The Bertz CT molecular complexity index is 326. The minimum atomic E-state index is 0.774. The number of thiophene rings is 1. The van der Waals surface area contributed by atoms with Crippen molar-refractivity contribution in [3.63, 3.8) is 0 Å². The van der Waals surface area contributed by atoms with Gasteiger partial charge in [0.05, 0.1) is 0 Å². The highest BCUT2D eigenvalue weighted by Crippen LogP contribution is 2.40. The summed E-state index contributed by atoms with van der Waals surface area (Å²) >= 11 is 5.65. The molecule has 1 fully saturated rings. The van der Waals surface area contributed by atoms with Crippen LogP contribution in [0.3, 0.4) is 0 Å². The predicted octanol–water partition coefficient (Wildman–Crippen LogP) is 3.59. The summed E-state index contributed by atoms with van der Waals surface area (Å²) in [5, 5.41) is 3.42. The fourth-order valence-corrected chi connectivity index (χ4v) is 4.28. The van der Waals surface area contributed by atoms with Crippen LogP contribution in [0.5, 0.6) is 0 Å². The Labute approximate surface area is 98.0 Å². The van der Waals surface area contributed by atoms with E-state index in [1.807, 2.05) is 11.3 Å². The molecule has 14 heavy (non-hydrogen) atoms. The molecule has 0 aromatic carbocycles. The topological polar surface area (TPSA) is 12.0 Å². The predicted molar refractivity (Wildman–Crippen MR) is 66.3 cm³/mol. The Morgan fingerprint density at radius 2 is 1.86 bits per heavy atom. The molecule has 2 rings (SSSR count). The molecular formula is C11H16BrNS. The van der Waals surface area contributed by atoms with E-state index in [-0.39, 0.29) is 0 Å². The molecule has 1 saturated heterocycles. The van der Waals surface area contributed by atoms with Gasteiger partial charge in [-0.25, -0.2) is 0 Å². The third-order valence-electron chi connectivity index (χ3n) is 2.98. The molecule has 0 radical (unpaired) electrons. The van der Waals surface area contributed by atoms with Crippen molar-refractivity contribution < 1.29 is 0 Å². The number of rotatable bonds is 1. The molecule has 0 atom stereocenters. The van der Waals surface area contributed by atoms with E-state index in [9.17, 15) is 0 Å². The molecule has 2 heterocycles. The van der Waals surface area contributed by atoms with Gasteiger partial charge in [-0.1, -0.05) is 0 Å². The molecule has 0 saturated carbocycles. The smallest absolute Gasteiger partial charge is 0.0349 e. The van der Waals surface area contributed by atoms with Gasteiger partial charge in [0.1, 0.15) is 0 Å². The first-order valence-corrected chi connectivity index (χ1v) is 6.77. The first kappa shape index (κ1) is 10.7. The third-order valence-corrected chi connectivity index (χ3v) is 5.30. The van der Waals surface area contributed by atoms with Gasteiger partial charge in [0.15, 0.2) is 0 Å². The highest BCUT2D eigenvalue weighted by atomic mass is 79.9. The van der Waals surface area contributed by atoms with Crippen LogP contribution >= 0.6 is 27.3 Å². The molecule has 1 aliphatic rings. The van der Waals surface area contributed by atoms with E-state index >= 15 is 0 Å². The van der Waals surface area contributed by atoms with Crippen molar-refractivity contribution in [1.29, 1.82) is 0 Å². The summed E-state index contributed by atoms with van der Waals surface area (Å²) in [5.41, 5.74) is 1.58. The normalized spacial score (nSPS) is 18.8. The molecule has 1 aromatic rings. The first-order valence-electron chi connectivity index (χ1n) is 5.16. The Kier molecular flexibility index (Phi) is 3.30. The molecule has 0 aliphatic carbocycles. The molecule has 0 amide bonds. The number of nitrogens with one attached hydrogen (secondary N) is 1. The van der Waals surface area contributed by atoms with Crippen molar-refractivity contribution in [3.8, 4) is 0 Å². The quantitative estimate of drug-likeness (QED) is 0.825. The third kappa shape index (κ3) is 1.90. The summed E-state index contributed by atoms with van der Waals surface area (Å²) in [7, 11) is 0. The van der Waals surface area contributed by atoms with Crippen LogP contribution in [0.15, 0.2) is 4.47 Å². The monoisotopic (exact) mass is 273 g/mol. The second kappa shape index (κ2) is 4.33. The summed E-state index contributed by atoms with van der Waals surface area (Å²) < 4.78 is 1.37. The number of halogens is 1. The summed E-state index contributed by atoms with van der Waals surface area (Å²) in [5.74, 6) is 0.774. The summed E-state index contributed by atoms with van der Waals surface area (Å²) in [6.45, 7) is 6.79. The second-order valence-corrected chi connectivity index (χ2v) is 6.19. The van der Waals surface area contributed by atoms with Gasteiger partial charge in [0.25, 0.3) is 0 Å². The SMILES string of the molecule is Cc1sc(C)c(C2CCNCC2)c1Br. The maximum atomic E-state index is 3.73. The van der Waals surface area contributed by atoms with Gasteiger partial charge < -0.3 is 5.32 Å². The number of piperidine rings is 1. The van der Waals surface area contributed by atoms with Crippen molar-refractivity contribution in [3.05, 3.63) is 19.8 Å². The molecule has 1 aromatic heterocycles. The molecule has 1 nitrogen and oxygen atoms in total. The lowest BCUT2D eigenvalue weighted by atomic mass is 9.90. The zero-order valence-corrected chi connectivity index (χ0v) is 11.1. The van der Waals surface area contributed by atoms with E-state index in [1.54, 1.807) is 5.56 Å². The van der Waals surface area contributed by atoms with Gasteiger partial charge in [0.2, 0.25) is 0 Å². The number of aryl methyl sites for hydroxylation is 2. The lowest BCUT2D eigenvalue weighted by Crippen LogP contribution is -2.26. The zero-order chi connectivity index (χ0) is 10.1.